The minimum absolute atomic E-state index is 0.246. The van der Waals surface area contributed by atoms with E-state index in [9.17, 15) is 4.79 Å². The lowest BCUT2D eigenvalue weighted by Gasteiger charge is -2.02. The van der Waals surface area contributed by atoms with Crippen LogP contribution in [0, 0.1) is 0 Å². The Morgan fingerprint density at radius 3 is 3.07 bits per heavy atom. The minimum atomic E-state index is -0.946. The molecule has 0 radical (unpaired) electrons. The highest BCUT2D eigenvalue weighted by Gasteiger charge is 2.12. The Balaban J connectivity index is 2.31. The molecule has 0 aromatic carbocycles. The van der Waals surface area contributed by atoms with Crippen molar-refractivity contribution in [2.45, 2.75) is 6.54 Å². The topological polar surface area (TPSA) is 68.0 Å². The number of aromatic nitrogens is 3. The summed E-state index contributed by atoms with van der Waals surface area (Å²) in [5, 5.41) is 12.6. The summed E-state index contributed by atoms with van der Waals surface area (Å²) in [5.74, 6) is -0.946. The van der Waals surface area contributed by atoms with Gasteiger partial charge in [0.25, 0.3) is 0 Å². The molecule has 2 aromatic heterocycles. The van der Waals surface area contributed by atoms with E-state index >= 15 is 0 Å². The first-order valence-corrected chi connectivity index (χ1v) is 5.58. The third-order valence-electron chi connectivity index (χ3n) is 1.82. The van der Waals surface area contributed by atoms with Crippen molar-refractivity contribution in [3.63, 3.8) is 0 Å². The van der Waals surface area contributed by atoms with Crippen LogP contribution in [-0.4, -0.2) is 25.2 Å². The molecule has 0 aliphatic carbocycles. The van der Waals surface area contributed by atoms with Gasteiger partial charge in [-0.15, -0.1) is 5.10 Å². The average Bonchev–Trinajstić information content (AvgIpc) is 2.75. The van der Waals surface area contributed by atoms with E-state index in [1.165, 1.54) is 11.5 Å². The predicted octanol–water partition coefficient (Wildman–Crippen LogP) is 1.85. The fourth-order valence-electron chi connectivity index (χ4n) is 1.21. The van der Waals surface area contributed by atoms with E-state index in [2.05, 4.69) is 25.5 Å². The number of rotatable bonds is 3. The Labute approximate surface area is 97.7 Å². The normalized spacial score (nSPS) is 10.5. The van der Waals surface area contributed by atoms with Gasteiger partial charge in [-0.3, -0.25) is 0 Å². The van der Waals surface area contributed by atoms with Crippen molar-refractivity contribution >= 4 is 33.4 Å². The maximum absolute atomic E-state index is 10.9. The molecule has 0 fully saturated rings. The smallest absolute Gasteiger partial charge is 0.352 e. The van der Waals surface area contributed by atoms with Gasteiger partial charge in [-0.2, -0.15) is 0 Å². The molecule has 2 aromatic rings. The van der Waals surface area contributed by atoms with E-state index in [1.54, 1.807) is 23.0 Å². The zero-order valence-electron chi connectivity index (χ0n) is 7.42. The lowest BCUT2D eigenvalue weighted by atomic mass is 10.4. The molecule has 0 saturated carbocycles. The first-order chi connectivity index (χ1) is 7.16. The lowest BCUT2D eigenvalue weighted by molar-refractivity contribution is 0.0686. The number of carbonyl (C=O) groups is 1. The molecule has 7 heteroatoms. The number of carboxylic acids is 1. The minimum Gasteiger partial charge on any atom is -0.477 e. The van der Waals surface area contributed by atoms with Gasteiger partial charge in [0.15, 0.2) is 0 Å². The van der Waals surface area contributed by atoms with Crippen LogP contribution in [0.4, 0.5) is 0 Å². The molecule has 78 valence electrons. The van der Waals surface area contributed by atoms with Crippen LogP contribution in [-0.2, 0) is 6.54 Å². The number of aromatic carboxylic acids is 1. The van der Waals surface area contributed by atoms with Gasteiger partial charge in [-0.05, 0) is 33.5 Å². The number of hydrogen-bond acceptors (Lipinski definition) is 4. The molecule has 0 amide bonds. The number of hydrogen-bond donors (Lipinski definition) is 1. The van der Waals surface area contributed by atoms with E-state index in [4.69, 9.17) is 5.11 Å². The van der Waals surface area contributed by atoms with Crippen LogP contribution in [0.2, 0.25) is 0 Å². The fraction of sp³-hybridized carbons (Fsp3) is 0.125. The van der Waals surface area contributed by atoms with Crippen molar-refractivity contribution in [2.24, 2.45) is 0 Å². The Bertz CT molecular complexity index is 480. The van der Waals surface area contributed by atoms with Crippen molar-refractivity contribution in [3.05, 3.63) is 33.5 Å². The summed E-state index contributed by atoms with van der Waals surface area (Å²) < 4.78 is 6.11. The molecule has 0 atom stereocenters. The molecule has 2 heterocycles. The fourth-order valence-corrected chi connectivity index (χ4v) is 2.16. The molecule has 0 saturated heterocycles. The van der Waals surface area contributed by atoms with Crippen LogP contribution >= 0.6 is 27.5 Å². The molecule has 1 N–H and O–H groups in total. The molecular formula is C8H6BrN3O2S. The van der Waals surface area contributed by atoms with Gasteiger partial charge in [-0.1, -0.05) is 4.49 Å². The molecule has 0 unspecified atom stereocenters. The van der Waals surface area contributed by atoms with E-state index in [0.717, 1.165) is 9.35 Å². The van der Waals surface area contributed by atoms with Crippen molar-refractivity contribution in [1.29, 1.82) is 0 Å². The van der Waals surface area contributed by atoms with Crippen molar-refractivity contribution in [1.82, 2.24) is 14.2 Å². The van der Waals surface area contributed by atoms with Crippen LogP contribution in [0.5, 0.6) is 0 Å². The summed E-state index contributed by atoms with van der Waals surface area (Å²) in [6.45, 7) is 0.477. The highest BCUT2D eigenvalue weighted by Crippen LogP contribution is 2.17. The van der Waals surface area contributed by atoms with Crippen LogP contribution < -0.4 is 0 Å². The van der Waals surface area contributed by atoms with E-state index in [0.29, 0.717) is 6.54 Å². The molecular weight excluding hydrogens is 282 g/mol. The maximum atomic E-state index is 10.9. The van der Waals surface area contributed by atoms with Gasteiger partial charge in [-0.25, -0.2) is 4.79 Å². The Hall–Kier alpha value is -1.21. The van der Waals surface area contributed by atoms with Crippen LogP contribution in [0.25, 0.3) is 0 Å². The molecule has 0 aliphatic heterocycles. The van der Waals surface area contributed by atoms with Gasteiger partial charge < -0.3 is 9.67 Å². The largest absolute Gasteiger partial charge is 0.477 e. The second-order valence-electron chi connectivity index (χ2n) is 2.86. The van der Waals surface area contributed by atoms with Gasteiger partial charge >= 0.3 is 5.97 Å². The summed E-state index contributed by atoms with van der Waals surface area (Å²) in [7, 11) is 0. The summed E-state index contributed by atoms with van der Waals surface area (Å²) in [5.41, 5.74) is 0.246. The zero-order valence-corrected chi connectivity index (χ0v) is 9.82. The van der Waals surface area contributed by atoms with Crippen molar-refractivity contribution < 1.29 is 9.90 Å². The second kappa shape index (κ2) is 4.11. The van der Waals surface area contributed by atoms with Crippen molar-refractivity contribution in [2.75, 3.05) is 0 Å². The molecule has 15 heavy (non-hydrogen) atoms. The van der Waals surface area contributed by atoms with Crippen LogP contribution in [0.3, 0.4) is 0 Å². The standard InChI is InChI=1S/C8H6BrN3O2S/c9-5-1-7(8(13)14)12(3-5)4-6-2-10-11-15-6/h1-3H,4H2,(H,13,14). The molecule has 0 spiro atoms. The van der Waals surface area contributed by atoms with Gasteiger partial charge in [0, 0.05) is 10.7 Å². The quantitative estimate of drug-likeness (QED) is 0.935. The SMILES string of the molecule is O=C(O)c1cc(Br)cn1Cc1cnns1. The van der Waals surface area contributed by atoms with Crippen molar-refractivity contribution in [3.8, 4) is 0 Å². The Morgan fingerprint density at radius 1 is 1.67 bits per heavy atom. The number of carboxylic acid groups (broad SMARTS) is 1. The predicted molar refractivity (Wildman–Crippen MR) is 58.1 cm³/mol. The second-order valence-corrected chi connectivity index (χ2v) is 4.65. The number of halogens is 1. The molecule has 0 aliphatic rings. The highest BCUT2D eigenvalue weighted by molar-refractivity contribution is 9.10. The molecule has 2 rings (SSSR count). The first kappa shape index (κ1) is 10.3. The van der Waals surface area contributed by atoms with Gasteiger partial charge in [0.05, 0.1) is 17.6 Å². The van der Waals surface area contributed by atoms with Crippen LogP contribution in [0.15, 0.2) is 22.9 Å². The Morgan fingerprint density at radius 2 is 2.47 bits per heavy atom. The van der Waals surface area contributed by atoms with E-state index in [1.807, 2.05) is 0 Å². The summed E-state index contributed by atoms with van der Waals surface area (Å²) in [4.78, 5) is 11.8. The zero-order chi connectivity index (χ0) is 10.8. The van der Waals surface area contributed by atoms with E-state index in [-0.39, 0.29) is 5.69 Å². The lowest BCUT2D eigenvalue weighted by Crippen LogP contribution is -2.07. The molecule has 5 nitrogen and oxygen atoms in total. The summed E-state index contributed by atoms with van der Waals surface area (Å²) in [6.07, 6.45) is 3.35. The summed E-state index contributed by atoms with van der Waals surface area (Å²) in [6, 6.07) is 1.57. The maximum Gasteiger partial charge on any atom is 0.352 e. The highest BCUT2D eigenvalue weighted by atomic mass is 79.9. The number of nitrogens with zero attached hydrogens (tertiary/aromatic N) is 3. The van der Waals surface area contributed by atoms with E-state index < -0.39 is 5.97 Å². The third kappa shape index (κ3) is 2.24. The molecule has 0 bridgehead atoms. The Kier molecular flexibility index (Phi) is 2.83. The van der Waals surface area contributed by atoms with Crippen LogP contribution in [0.1, 0.15) is 15.4 Å². The summed E-state index contributed by atoms with van der Waals surface area (Å²) >= 11 is 4.50. The van der Waals surface area contributed by atoms with Gasteiger partial charge in [0.1, 0.15) is 5.69 Å². The van der Waals surface area contributed by atoms with Gasteiger partial charge in [0.2, 0.25) is 0 Å². The third-order valence-corrected chi connectivity index (χ3v) is 2.89. The monoisotopic (exact) mass is 287 g/mol. The first-order valence-electron chi connectivity index (χ1n) is 4.02. The average molecular weight is 288 g/mol.